The Morgan fingerprint density at radius 2 is 1.86 bits per heavy atom. The Labute approximate surface area is 168 Å². The van der Waals surface area contributed by atoms with E-state index in [9.17, 15) is 0 Å². The third-order valence-corrected chi connectivity index (χ3v) is 5.56. The van der Waals surface area contributed by atoms with Crippen LogP contribution in [0.5, 0.6) is 5.75 Å². The van der Waals surface area contributed by atoms with Crippen molar-refractivity contribution in [2.45, 2.75) is 58.5 Å². The molecule has 1 saturated heterocycles. The van der Waals surface area contributed by atoms with Crippen LogP contribution >= 0.6 is 0 Å². The molecule has 3 heterocycles. The number of pyridine rings is 1. The van der Waals surface area contributed by atoms with Gasteiger partial charge in [-0.05, 0) is 69.4 Å². The maximum atomic E-state index is 6.13. The van der Waals surface area contributed by atoms with Crippen LogP contribution in [-0.2, 0) is 0 Å². The van der Waals surface area contributed by atoms with Gasteiger partial charge in [-0.1, -0.05) is 13.8 Å². The fourth-order valence-corrected chi connectivity index (χ4v) is 3.71. The average molecular weight is 381 g/mol. The number of aromatic nitrogens is 3. The van der Waals surface area contributed by atoms with E-state index in [1.54, 1.807) is 0 Å². The normalized spacial score (nSPS) is 17.8. The summed E-state index contributed by atoms with van der Waals surface area (Å²) in [6.45, 7) is 8.42. The lowest BCUT2D eigenvalue weighted by Crippen LogP contribution is -2.29. The molecule has 0 radical (unpaired) electrons. The lowest BCUT2D eigenvalue weighted by atomic mass is 10.1. The summed E-state index contributed by atoms with van der Waals surface area (Å²) in [6.07, 6.45) is 8.02. The van der Waals surface area contributed by atoms with Crippen LogP contribution in [-0.4, -0.2) is 33.9 Å². The van der Waals surface area contributed by atoms with E-state index in [1.165, 1.54) is 24.9 Å². The molecule has 0 amide bonds. The van der Waals surface area contributed by atoms with E-state index in [0.29, 0.717) is 0 Å². The van der Waals surface area contributed by atoms with Crippen molar-refractivity contribution >= 4 is 16.6 Å². The Hall–Kier alpha value is -2.56. The molecule has 1 aromatic carbocycles. The zero-order valence-corrected chi connectivity index (χ0v) is 17.2. The van der Waals surface area contributed by atoms with Gasteiger partial charge in [-0.25, -0.2) is 0 Å². The van der Waals surface area contributed by atoms with Crippen molar-refractivity contribution in [2.24, 2.45) is 0 Å². The fourth-order valence-electron chi connectivity index (χ4n) is 3.71. The lowest BCUT2D eigenvalue weighted by molar-refractivity contribution is 0.200. The standard InChI is InChI=1S/C21H24N4O.C2H6.H2/c1-21(8-9-21)26-16-5-6-18-17(14-16)20(24-23-18)19-13-15(7-10-22-19)25-11-3-2-4-12-25;1-2;/h5-7,10,13-14H,2-4,8-9,11-12H2,1H3,(H,23,24);1-2H3;1H. The van der Waals surface area contributed by atoms with Crippen LogP contribution in [0.1, 0.15) is 54.3 Å². The van der Waals surface area contributed by atoms with E-state index < -0.39 is 0 Å². The summed E-state index contributed by atoms with van der Waals surface area (Å²) in [4.78, 5) is 7.04. The quantitative estimate of drug-likeness (QED) is 0.620. The molecule has 150 valence electrons. The van der Waals surface area contributed by atoms with Crippen LogP contribution in [0.4, 0.5) is 5.69 Å². The number of anilines is 1. The molecule has 1 aliphatic carbocycles. The molecule has 1 N–H and O–H groups in total. The summed E-state index contributed by atoms with van der Waals surface area (Å²) >= 11 is 0. The van der Waals surface area contributed by atoms with Crippen molar-refractivity contribution in [3.63, 3.8) is 0 Å². The first-order valence-electron chi connectivity index (χ1n) is 10.6. The van der Waals surface area contributed by atoms with Gasteiger partial charge >= 0.3 is 0 Å². The molecular formula is C23H32N4O. The summed E-state index contributed by atoms with van der Waals surface area (Å²) in [6, 6.07) is 10.4. The van der Waals surface area contributed by atoms with Crippen molar-refractivity contribution in [3.8, 4) is 17.1 Å². The van der Waals surface area contributed by atoms with Gasteiger partial charge in [0.1, 0.15) is 17.0 Å². The molecule has 0 atom stereocenters. The largest absolute Gasteiger partial charge is 0.488 e. The number of fused-ring (bicyclic) bond motifs is 1. The SMILES string of the molecule is CC.CC1(Oc2ccc3[nH]nc(-c4cc(N5CCCCC5)ccn4)c3c2)CC1.[HH]. The van der Waals surface area contributed by atoms with Crippen molar-refractivity contribution in [3.05, 3.63) is 36.5 Å². The molecular weight excluding hydrogens is 348 g/mol. The molecule has 5 rings (SSSR count). The highest BCUT2D eigenvalue weighted by molar-refractivity contribution is 5.93. The zero-order chi connectivity index (χ0) is 19.6. The minimum atomic E-state index is 0. The predicted molar refractivity (Wildman–Crippen MR) is 117 cm³/mol. The number of benzene rings is 1. The van der Waals surface area contributed by atoms with Crippen molar-refractivity contribution in [1.82, 2.24) is 15.2 Å². The fraction of sp³-hybridized carbons (Fsp3) is 0.478. The lowest BCUT2D eigenvalue weighted by Gasteiger charge is -2.28. The highest BCUT2D eigenvalue weighted by Crippen LogP contribution is 2.40. The van der Waals surface area contributed by atoms with Gasteiger partial charge < -0.3 is 9.64 Å². The number of piperidine rings is 1. The molecule has 5 heteroatoms. The Morgan fingerprint density at radius 1 is 1.07 bits per heavy atom. The Kier molecular flexibility index (Phi) is 5.25. The number of rotatable bonds is 4. The Morgan fingerprint density at radius 3 is 2.61 bits per heavy atom. The van der Waals surface area contributed by atoms with Gasteiger partial charge in [0.2, 0.25) is 0 Å². The number of aromatic amines is 1. The van der Waals surface area contributed by atoms with Crippen molar-refractivity contribution < 1.29 is 6.16 Å². The van der Waals surface area contributed by atoms with Gasteiger partial charge in [0.05, 0.1) is 11.2 Å². The smallest absolute Gasteiger partial charge is 0.120 e. The van der Waals surface area contributed by atoms with E-state index in [2.05, 4.69) is 45.2 Å². The van der Waals surface area contributed by atoms with Gasteiger partial charge in [0.15, 0.2) is 0 Å². The second-order valence-corrected chi connectivity index (χ2v) is 7.78. The van der Waals surface area contributed by atoms with Gasteiger partial charge in [0, 0.05) is 31.8 Å². The highest BCUT2D eigenvalue weighted by Gasteiger charge is 2.40. The van der Waals surface area contributed by atoms with E-state index in [0.717, 1.165) is 54.0 Å². The summed E-state index contributed by atoms with van der Waals surface area (Å²) in [5.41, 5.74) is 4.07. The van der Waals surface area contributed by atoms with Gasteiger partial charge in [-0.3, -0.25) is 10.1 Å². The van der Waals surface area contributed by atoms with Crippen molar-refractivity contribution in [2.75, 3.05) is 18.0 Å². The van der Waals surface area contributed by atoms with Crippen LogP contribution in [0.25, 0.3) is 22.3 Å². The second-order valence-electron chi connectivity index (χ2n) is 7.78. The minimum Gasteiger partial charge on any atom is -0.488 e. The van der Waals surface area contributed by atoms with Crippen LogP contribution in [0.2, 0.25) is 0 Å². The van der Waals surface area contributed by atoms with Gasteiger partial charge in [-0.2, -0.15) is 5.10 Å². The minimum absolute atomic E-state index is 0. The van der Waals surface area contributed by atoms with E-state index in [4.69, 9.17) is 4.74 Å². The number of hydrogen-bond donors (Lipinski definition) is 1. The molecule has 1 aliphatic heterocycles. The zero-order valence-electron chi connectivity index (χ0n) is 17.2. The first kappa shape index (κ1) is 18.8. The summed E-state index contributed by atoms with van der Waals surface area (Å²) in [7, 11) is 0. The van der Waals surface area contributed by atoms with Gasteiger partial charge in [0.25, 0.3) is 0 Å². The van der Waals surface area contributed by atoms with Crippen LogP contribution in [0, 0.1) is 0 Å². The molecule has 0 spiro atoms. The van der Waals surface area contributed by atoms with E-state index >= 15 is 0 Å². The summed E-state index contributed by atoms with van der Waals surface area (Å²) in [5, 5.41) is 8.74. The number of ether oxygens (including phenoxy) is 1. The molecule has 0 bridgehead atoms. The number of H-pyrrole nitrogens is 1. The molecule has 2 aromatic heterocycles. The molecule has 0 unspecified atom stereocenters. The maximum Gasteiger partial charge on any atom is 0.120 e. The predicted octanol–water partition coefficient (Wildman–Crippen LogP) is 5.82. The summed E-state index contributed by atoms with van der Waals surface area (Å²) in [5.74, 6) is 0.910. The van der Waals surface area contributed by atoms with Crippen LogP contribution in [0.3, 0.4) is 0 Å². The second kappa shape index (κ2) is 7.82. The van der Waals surface area contributed by atoms with Crippen molar-refractivity contribution in [1.29, 1.82) is 0 Å². The first-order valence-corrected chi connectivity index (χ1v) is 10.6. The molecule has 3 aromatic rings. The third-order valence-electron chi connectivity index (χ3n) is 5.56. The summed E-state index contributed by atoms with van der Waals surface area (Å²) < 4.78 is 6.13. The topological polar surface area (TPSA) is 54.0 Å². The molecule has 1 saturated carbocycles. The Balaban J connectivity index is 0.000000778. The Bertz CT molecular complexity index is 945. The number of nitrogens with one attached hydrogen (secondary N) is 1. The third kappa shape index (κ3) is 3.84. The molecule has 2 fully saturated rings. The molecule has 5 nitrogen and oxygen atoms in total. The monoisotopic (exact) mass is 380 g/mol. The highest BCUT2D eigenvalue weighted by atomic mass is 16.5. The van der Waals surface area contributed by atoms with Crippen LogP contribution < -0.4 is 9.64 Å². The molecule has 28 heavy (non-hydrogen) atoms. The van der Waals surface area contributed by atoms with E-state index in [-0.39, 0.29) is 7.03 Å². The van der Waals surface area contributed by atoms with Gasteiger partial charge in [-0.15, -0.1) is 0 Å². The first-order chi connectivity index (χ1) is 13.7. The molecule has 2 aliphatic rings. The van der Waals surface area contributed by atoms with E-state index in [1.807, 2.05) is 32.2 Å². The van der Waals surface area contributed by atoms with Crippen LogP contribution in [0.15, 0.2) is 36.5 Å². The average Bonchev–Trinajstić information content (AvgIpc) is 3.33. The maximum absolute atomic E-state index is 6.13. The number of hydrogen-bond acceptors (Lipinski definition) is 4. The number of nitrogens with zero attached hydrogens (tertiary/aromatic N) is 3.